The second-order valence-corrected chi connectivity index (χ2v) is 5.47. The average Bonchev–Trinajstić information content (AvgIpc) is 2.77. The van der Waals surface area contributed by atoms with Crippen molar-refractivity contribution >= 4 is 17.7 Å². The van der Waals surface area contributed by atoms with E-state index in [4.69, 9.17) is 10.5 Å². The van der Waals surface area contributed by atoms with Crippen molar-refractivity contribution < 1.29 is 4.79 Å². The second kappa shape index (κ2) is 8.61. The van der Waals surface area contributed by atoms with Crippen LogP contribution >= 0.6 is 11.8 Å². The van der Waals surface area contributed by atoms with Crippen LogP contribution in [0, 0.1) is 22.7 Å². The number of unbranched alkanes of at least 4 members (excludes halogenated alkanes) is 5. The first-order valence-corrected chi connectivity index (χ1v) is 7.70. The number of carbonyl (C=O) groups excluding carboxylic acids is 1. The molecule has 5 heteroatoms. The van der Waals surface area contributed by atoms with E-state index in [2.05, 4.69) is 6.92 Å². The Morgan fingerprint density at radius 2 is 1.84 bits per heavy atom. The lowest BCUT2D eigenvalue weighted by Crippen LogP contribution is -2.26. The van der Waals surface area contributed by atoms with Gasteiger partial charge in [-0.3, -0.25) is 4.79 Å². The van der Waals surface area contributed by atoms with Gasteiger partial charge in [0.25, 0.3) is 0 Å². The van der Waals surface area contributed by atoms with Crippen molar-refractivity contribution in [2.24, 2.45) is 0 Å². The van der Waals surface area contributed by atoms with E-state index in [1.54, 1.807) is 4.90 Å². The fraction of sp³-hybridized carbons (Fsp3) is 0.643. The summed E-state index contributed by atoms with van der Waals surface area (Å²) in [4.78, 5) is 13.3. The normalized spacial score (nSPS) is 14.4. The van der Waals surface area contributed by atoms with Crippen molar-refractivity contribution in [2.75, 3.05) is 12.3 Å². The van der Waals surface area contributed by atoms with Crippen LogP contribution in [0.2, 0.25) is 0 Å². The fourth-order valence-electron chi connectivity index (χ4n) is 2.00. The summed E-state index contributed by atoms with van der Waals surface area (Å²) in [6, 6.07) is 3.73. The van der Waals surface area contributed by atoms with Gasteiger partial charge in [-0.1, -0.05) is 50.8 Å². The molecule has 1 saturated heterocycles. The van der Waals surface area contributed by atoms with Gasteiger partial charge < -0.3 is 4.90 Å². The Balaban J connectivity index is 2.47. The zero-order chi connectivity index (χ0) is 14.1. The van der Waals surface area contributed by atoms with Crippen molar-refractivity contribution in [3.63, 3.8) is 0 Å². The molecule has 0 aromatic carbocycles. The van der Waals surface area contributed by atoms with Gasteiger partial charge in [0.1, 0.15) is 17.2 Å². The van der Waals surface area contributed by atoms with Gasteiger partial charge in [0.05, 0.1) is 5.75 Å². The summed E-state index contributed by atoms with van der Waals surface area (Å²) >= 11 is 1.30. The van der Waals surface area contributed by atoms with Crippen molar-refractivity contribution in [1.82, 2.24) is 4.90 Å². The van der Waals surface area contributed by atoms with Crippen LogP contribution in [0.15, 0.2) is 10.6 Å². The molecule has 0 unspecified atom stereocenters. The number of carbonyl (C=O) groups is 1. The minimum absolute atomic E-state index is 0.0107. The van der Waals surface area contributed by atoms with Gasteiger partial charge >= 0.3 is 0 Å². The van der Waals surface area contributed by atoms with Crippen LogP contribution in [0.1, 0.15) is 45.4 Å². The molecular formula is C14H19N3OS. The third-order valence-corrected chi connectivity index (χ3v) is 4.14. The van der Waals surface area contributed by atoms with E-state index in [0.29, 0.717) is 17.3 Å². The summed E-state index contributed by atoms with van der Waals surface area (Å²) in [5.41, 5.74) is 0.0573. The van der Waals surface area contributed by atoms with Gasteiger partial charge in [-0.15, -0.1) is 0 Å². The molecule has 1 fully saturated rings. The highest BCUT2D eigenvalue weighted by Gasteiger charge is 2.29. The zero-order valence-electron chi connectivity index (χ0n) is 11.3. The molecule has 19 heavy (non-hydrogen) atoms. The minimum Gasteiger partial charge on any atom is -0.304 e. The third kappa shape index (κ3) is 4.61. The summed E-state index contributed by atoms with van der Waals surface area (Å²) in [5.74, 6) is 0.356. The van der Waals surface area contributed by atoms with Crippen LogP contribution in [0.4, 0.5) is 0 Å². The van der Waals surface area contributed by atoms with Crippen LogP contribution in [-0.2, 0) is 4.79 Å². The maximum absolute atomic E-state index is 11.7. The lowest BCUT2D eigenvalue weighted by atomic mass is 10.1. The smallest absolute Gasteiger partial charge is 0.237 e. The molecule has 1 rings (SSSR count). The van der Waals surface area contributed by atoms with Crippen LogP contribution in [-0.4, -0.2) is 23.1 Å². The number of hydrogen-bond donors (Lipinski definition) is 0. The SMILES string of the molecule is CCCCCCCCN1C(=O)CSC1=C(C#N)C#N. The van der Waals surface area contributed by atoms with E-state index >= 15 is 0 Å². The van der Waals surface area contributed by atoms with E-state index in [1.165, 1.54) is 37.4 Å². The maximum Gasteiger partial charge on any atom is 0.237 e. The molecular weight excluding hydrogens is 258 g/mol. The van der Waals surface area contributed by atoms with Gasteiger partial charge in [0.2, 0.25) is 5.91 Å². The van der Waals surface area contributed by atoms with Gasteiger partial charge in [0, 0.05) is 6.54 Å². The van der Waals surface area contributed by atoms with Crippen molar-refractivity contribution in [1.29, 1.82) is 10.5 Å². The fourth-order valence-corrected chi connectivity index (χ4v) is 3.00. The molecule has 0 atom stereocenters. The molecule has 4 nitrogen and oxygen atoms in total. The average molecular weight is 277 g/mol. The third-order valence-electron chi connectivity index (χ3n) is 3.05. The summed E-state index contributed by atoms with van der Waals surface area (Å²) in [5, 5.41) is 18.3. The number of thioether (sulfide) groups is 1. The van der Waals surface area contributed by atoms with E-state index < -0.39 is 0 Å². The second-order valence-electron chi connectivity index (χ2n) is 4.51. The first-order valence-electron chi connectivity index (χ1n) is 6.72. The quantitative estimate of drug-likeness (QED) is 0.529. The lowest BCUT2D eigenvalue weighted by molar-refractivity contribution is -0.125. The molecule has 0 N–H and O–H groups in total. The van der Waals surface area contributed by atoms with E-state index in [9.17, 15) is 4.79 Å². The maximum atomic E-state index is 11.7. The number of nitriles is 2. The predicted octanol–water partition coefficient (Wildman–Crippen LogP) is 3.18. The number of hydrogen-bond acceptors (Lipinski definition) is 4. The molecule has 0 aromatic rings. The summed E-state index contributed by atoms with van der Waals surface area (Å²) in [7, 11) is 0. The number of allylic oxidation sites excluding steroid dienone is 1. The Morgan fingerprint density at radius 1 is 1.21 bits per heavy atom. The van der Waals surface area contributed by atoms with Crippen LogP contribution in [0.3, 0.4) is 0 Å². The Bertz CT molecular complexity index is 415. The summed E-state index contributed by atoms with van der Waals surface area (Å²) in [6.07, 6.45) is 6.94. The van der Waals surface area contributed by atoms with Crippen LogP contribution < -0.4 is 0 Å². The Hall–Kier alpha value is -1.46. The lowest BCUT2D eigenvalue weighted by Gasteiger charge is -2.16. The molecule has 1 heterocycles. The number of nitrogens with zero attached hydrogens (tertiary/aromatic N) is 3. The first kappa shape index (κ1) is 15.6. The Labute approximate surface area is 119 Å². The van der Waals surface area contributed by atoms with Crippen molar-refractivity contribution in [3.05, 3.63) is 10.6 Å². The van der Waals surface area contributed by atoms with Gasteiger partial charge in [0.15, 0.2) is 5.57 Å². The van der Waals surface area contributed by atoms with Crippen molar-refractivity contribution in [2.45, 2.75) is 45.4 Å². The van der Waals surface area contributed by atoms with E-state index in [0.717, 1.165) is 12.8 Å². The highest BCUT2D eigenvalue weighted by Crippen LogP contribution is 2.31. The molecule has 0 aromatic heterocycles. The minimum atomic E-state index is 0.0107. The molecule has 0 bridgehead atoms. The highest BCUT2D eigenvalue weighted by molar-refractivity contribution is 8.04. The first-order chi connectivity index (χ1) is 9.24. The monoisotopic (exact) mass is 277 g/mol. The van der Waals surface area contributed by atoms with Gasteiger partial charge in [-0.05, 0) is 6.42 Å². The number of amides is 1. The number of rotatable bonds is 7. The summed E-state index contributed by atoms with van der Waals surface area (Å²) in [6.45, 7) is 2.81. The molecule has 1 aliphatic rings. The van der Waals surface area contributed by atoms with Gasteiger partial charge in [-0.25, -0.2) is 0 Å². The highest BCUT2D eigenvalue weighted by atomic mass is 32.2. The van der Waals surface area contributed by atoms with E-state index in [1.807, 2.05) is 12.1 Å². The zero-order valence-corrected chi connectivity index (χ0v) is 12.1. The van der Waals surface area contributed by atoms with Crippen LogP contribution in [0.5, 0.6) is 0 Å². The molecule has 102 valence electrons. The molecule has 1 aliphatic heterocycles. The molecule has 0 saturated carbocycles. The van der Waals surface area contributed by atoms with E-state index in [-0.39, 0.29) is 11.5 Å². The van der Waals surface area contributed by atoms with Crippen molar-refractivity contribution in [3.8, 4) is 12.1 Å². The Kier molecular flexibility index (Phi) is 7.07. The molecule has 0 spiro atoms. The van der Waals surface area contributed by atoms with Crippen LogP contribution in [0.25, 0.3) is 0 Å². The summed E-state index contributed by atoms with van der Waals surface area (Å²) < 4.78 is 0. The molecule has 0 aliphatic carbocycles. The van der Waals surface area contributed by atoms with Gasteiger partial charge in [-0.2, -0.15) is 10.5 Å². The Morgan fingerprint density at radius 3 is 2.47 bits per heavy atom. The topological polar surface area (TPSA) is 67.9 Å². The predicted molar refractivity (Wildman–Crippen MR) is 75.8 cm³/mol. The standard InChI is InChI=1S/C14H19N3OS/c1-2-3-4-5-6-7-8-17-13(18)11-19-14(17)12(9-15)10-16/h2-8,11H2,1H3. The molecule has 1 amide bonds. The largest absolute Gasteiger partial charge is 0.304 e. The molecule has 0 radical (unpaired) electrons.